The zero-order valence-electron chi connectivity index (χ0n) is 13.3. The molecule has 1 unspecified atom stereocenters. The Morgan fingerprint density at radius 3 is 2.10 bits per heavy atom. The van der Waals surface area contributed by atoms with E-state index in [0.717, 1.165) is 32.1 Å². The lowest BCUT2D eigenvalue weighted by atomic mass is 10.0. The smallest absolute Gasteiger partial charge is 0.305 e. The Morgan fingerprint density at radius 2 is 1.55 bits per heavy atom. The van der Waals surface area contributed by atoms with Gasteiger partial charge < -0.3 is 9.47 Å². The fourth-order valence-corrected chi connectivity index (χ4v) is 2.22. The summed E-state index contributed by atoms with van der Waals surface area (Å²) < 4.78 is 9.94. The van der Waals surface area contributed by atoms with Crippen LogP contribution in [0, 0.1) is 0 Å². The van der Waals surface area contributed by atoms with Crippen molar-refractivity contribution in [3.63, 3.8) is 0 Å². The van der Waals surface area contributed by atoms with E-state index >= 15 is 0 Å². The lowest BCUT2D eigenvalue weighted by Gasteiger charge is -2.16. The monoisotopic (exact) mass is 286 g/mol. The second kappa shape index (κ2) is 12.9. The molecule has 4 heteroatoms. The lowest BCUT2D eigenvalue weighted by molar-refractivity contribution is -0.147. The molecule has 0 aromatic heterocycles. The van der Waals surface area contributed by atoms with Crippen molar-refractivity contribution in [2.24, 2.45) is 0 Å². The summed E-state index contributed by atoms with van der Waals surface area (Å²) in [5.74, 6) is -0.384. The van der Waals surface area contributed by atoms with Crippen LogP contribution in [0.5, 0.6) is 0 Å². The summed E-state index contributed by atoms with van der Waals surface area (Å²) in [7, 11) is 1.40. The average molecular weight is 286 g/mol. The quantitative estimate of drug-likeness (QED) is 0.402. The van der Waals surface area contributed by atoms with Gasteiger partial charge in [-0.15, -0.1) is 0 Å². The van der Waals surface area contributed by atoms with Gasteiger partial charge in [0, 0.05) is 13.3 Å². The molecule has 0 fully saturated rings. The van der Waals surface area contributed by atoms with Crippen molar-refractivity contribution in [1.82, 2.24) is 0 Å². The Kier molecular flexibility index (Phi) is 12.3. The molecule has 0 aliphatic carbocycles. The first kappa shape index (κ1) is 18.9. The Balaban J connectivity index is 3.78. The zero-order chi connectivity index (χ0) is 15.2. The highest BCUT2D eigenvalue weighted by Crippen LogP contribution is 2.15. The van der Waals surface area contributed by atoms with Crippen LogP contribution in [0.4, 0.5) is 0 Å². The van der Waals surface area contributed by atoms with Gasteiger partial charge in [0.1, 0.15) is 6.10 Å². The maximum Gasteiger partial charge on any atom is 0.305 e. The minimum absolute atomic E-state index is 0.00627. The van der Waals surface area contributed by atoms with Gasteiger partial charge in [0.15, 0.2) is 0 Å². The molecule has 0 amide bonds. The second-order valence-corrected chi connectivity index (χ2v) is 5.26. The van der Waals surface area contributed by atoms with Gasteiger partial charge in [-0.25, -0.2) is 0 Å². The molecule has 0 saturated carbocycles. The van der Waals surface area contributed by atoms with E-state index in [2.05, 4.69) is 11.7 Å². The first-order valence-electron chi connectivity index (χ1n) is 7.84. The summed E-state index contributed by atoms with van der Waals surface area (Å²) in [6.45, 7) is 3.65. The zero-order valence-corrected chi connectivity index (χ0v) is 13.3. The maximum atomic E-state index is 11.1. The lowest BCUT2D eigenvalue weighted by Crippen LogP contribution is -2.16. The Bertz CT molecular complexity index is 263. The van der Waals surface area contributed by atoms with Crippen molar-refractivity contribution in [3.05, 3.63) is 0 Å². The van der Waals surface area contributed by atoms with Crippen LogP contribution in [0.15, 0.2) is 0 Å². The molecule has 0 bridgehead atoms. The predicted octanol–water partition coefficient (Wildman–Crippen LogP) is 4.01. The van der Waals surface area contributed by atoms with Crippen LogP contribution in [0.2, 0.25) is 0 Å². The topological polar surface area (TPSA) is 52.6 Å². The van der Waals surface area contributed by atoms with E-state index in [-0.39, 0.29) is 18.0 Å². The first-order valence-corrected chi connectivity index (χ1v) is 7.84. The molecular formula is C16H30O4. The number of unbranched alkanes of at least 4 members (excludes halogenated alkanes) is 5. The summed E-state index contributed by atoms with van der Waals surface area (Å²) in [6, 6.07) is 0. The molecule has 0 aliphatic rings. The molecule has 1 atom stereocenters. The van der Waals surface area contributed by atoms with Crippen molar-refractivity contribution < 1.29 is 19.1 Å². The molecule has 0 aromatic carbocycles. The van der Waals surface area contributed by atoms with Crippen LogP contribution in [0.1, 0.15) is 78.1 Å². The van der Waals surface area contributed by atoms with E-state index in [1.807, 2.05) is 0 Å². The van der Waals surface area contributed by atoms with E-state index in [4.69, 9.17) is 4.74 Å². The average Bonchev–Trinajstić information content (AvgIpc) is 2.42. The summed E-state index contributed by atoms with van der Waals surface area (Å²) in [4.78, 5) is 22.1. The van der Waals surface area contributed by atoms with Crippen molar-refractivity contribution in [1.29, 1.82) is 0 Å². The normalized spacial score (nSPS) is 11.9. The van der Waals surface area contributed by atoms with E-state index in [9.17, 15) is 9.59 Å². The van der Waals surface area contributed by atoms with Crippen molar-refractivity contribution in [2.75, 3.05) is 7.11 Å². The summed E-state index contributed by atoms with van der Waals surface area (Å²) >= 11 is 0. The molecule has 0 N–H and O–H groups in total. The highest BCUT2D eigenvalue weighted by molar-refractivity contribution is 5.69. The Labute approximate surface area is 123 Å². The van der Waals surface area contributed by atoms with Crippen molar-refractivity contribution in [3.8, 4) is 0 Å². The Hall–Kier alpha value is -1.06. The fraction of sp³-hybridized carbons (Fsp3) is 0.875. The second-order valence-electron chi connectivity index (χ2n) is 5.26. The molecule has 0 saturated heterocycles. The van der Waals surface area contributed by atoms with Gasteiger partial charge in [0.2, 0.25) is 0 Å². The largest absolute Gasteiger partial charge is 0.469 e. The number of ether oxygens (including phenoxy) is 2. The molecule has 0 aliphatic heterocycles. The molecule has 4 nitrogen and oxygen atoms in total. The fourth-order valence-electron chi connectivity index (χ4n) is 2.22. The van der Waals surface area contributed by atoms with Crippen molar-refractivity contribution >= 4 is 11.9 Å². The molecule has 0 aromatic rings. The van der Waals surface area contributed by atoms with Gasteiger partial charge in [0.05, 0.1) is 7.11 Å². The van der Waals surface area contributed by atoms with Crippen LogP contribution < -0.4 is 0 Å². The third-order valence-corrected chi connectivity index (χ3v) is 3.35. The standard InChI is InChI=1S/C16H30O4/c1-4-5-6-7-8-11-15(20-14(2)17)12-9-10-13-16(18)19-3/h15H,4-13H2,1-3H3. The molecule has 20 heavy (non-hydrogen) atoms. The van der Waals surface area contributed by atoms with E-state index < -0.39 is 0 Å². The highest BCUT2D eigenvalue weighted by atomic mass is 16.5. The van der Waals surface area contributed by atoms with Crippen LogP contribution >= 0.6 is 0 Å². The highest BCUT2D eigenvalue weighted by Gasteiger charge is 2.12. The molecule has 118 valence electrons. The van der Waals surface area contributed by atoms with Crippen LogP contribution in [-0.4, -0.2) is 25.2 Å². The Morgan fingerprint density at radius 1 is 0.950 bits per heavy atom. The molecule has 0 radical (unpaired) electrons. The van der Waals surface area contributed by atoms with Gasteiger partial charge in [-0.3, -0.25) is 9.59 Å². The van der Waals surface area contributed by atoms with E-state index in [1.165, 1.54) is 39.7 Å². The third-order valence-electron chi connectivity index (χ3n) is 3.35. The summed E-state index contributed by atoms with van der Waals surface area (Å²) in [6.07, 6.45) is 9.98. The van der Waals surface area contributed by atoms with Gasteiger partial charge >= 0.3 is 11.9 Å². The van der Waals surface area contributed by atoms with Gasteiger partial charge in [-0.05, 0) is 32.1 Å². The minimum Gasteiger partial charge on any atom is -0.469 e. The van der Waals surface area contributed by atoms with Crippen LogP contribution in [0.25, 0.3) is 0 Å². The number of methoxy groups -OCH3 is 1. The number of carbonyl (C=O) groups is 2. The number of rotatable bonds is 12. The predicted molar refractivity (Wildman–Crippen MR) is 79.4 cm³/mol. The van der Waals surface area contributed by atoms with Gasteiger partial charge in [-0.1, -0.05) is 32.6 Å². The summed E-state index contributed by atoms with van der Waals surface area (Å²) in [5.41, 5.74) is 0. The molecule has 0 heterocycles. The summed E-state index contributed by atoms with van der Waals surface area (Å²) in [5, 5.41) is 0. The van der Waals surface area contributed by atoms with Gasteiger partial charge in [-0.2, -0.15) is 0 Å². The first-order chi connectivity index (χ1) is 9.60. The molecule has 0 rings (SSSR count). The van der Waals surface area contributed by atoms with E-state index in [0.29, 0.717) is 6.42 Å². The third kappa shape index (κ3) is 12.0. The maximum absolute atomic E-state index is 11.1. The number of carbonyl (C=O) groups excluding carboxylic acids is 2. The van der Waals surface area contributed by atoms with E-state index in [1.54, 1.807) is 0 Å². The molecule has 0 spiro atoms. The van der Waals surface area contributed by atoms with Crippen LogP contribution in [-0.2, 0) is 19.1 Å². The van der Waals surface area contributed by atoms with Gasteiger partial charge in [0.25, 0.3) is 0 Å². The SMILES string of the molecule is CCCCCCCC(CCCCC(=O)OC)OC(C)=O. The van der Waals surface area contributed by atoms with Crippen molar-refractivity contribution in [2.45, 2.75) is 84.2 Å². The molecular weight excluding hydrogens is 256 g/mol. The number of hydrogen-bond donors (Lipinski definition) is 0. The van der Waals surface area contributed by atoms with Crippen LogP contribution in [0.3, 0.4) is 0 Å². The number of hydrogen-bond acceptors (Lipinski definition) is 4. The minimum atomic E-state index is -0.212. The number of esters is 2.